The van der Waals surface area contributed by atoms with E-state index in [0.717, 1.165) is 0 Å². The van der Waals surface area contributed by atoms with Crippen LogP contribution < -0.4 is 15.8 Å². The first-order chi connectivity index (χ1) is 9.43. The van der Waals surface area contributed by atoms with E-state index in [4.69, 9.17) is 15.2 Å². The van der Waals surface area contributed by atoms with E-state index in [9.17, 15) is 9.59 Å². The number of benzene rings is 1. The Labute approximate surface area is 118 Å². The Kier molecular flexibility index (Phi) is 5.83. The Balaban J connectivity index is 2.59. The Morgan fingerprint density at radius 2 is 2.05 bits per heavy atom. The predicted octanol–water partition coefficient (Wildman–Crippen LogP) is 1.21. The van der Waals surface area contributed by atoms with Crippen LogP contribution in [-0.4, -0.2) is 32.1 Å². The third kappa shape index (κ3) is 4.79. The minimum atomic E-state index is -0.645. The number of hydrogen-bond donors (Lipinski definition) is 2. The smallest absolute Gasteiger partial charge is 0.342 e. The average Bonchev–Trinajstić information content (AvgIpc) is 2.42. The van der Waals surface area contributed by atoms with Crippen molar-refractivity contribution in [2.75, 3.05) is 26.0 Å². The number of nitrogens with two attached hydrogens (primary N) is 1. The van der Waals surface area contributed by atoms with Gasteiger partial charge in [-0.15, -0.1) is 0 Å². The molecule has 110 valence electrons. The van der Waals surface area contributed by atoms with Crippen LogP contribution in [0.2, 0.25) is 0 Å². The Hall–Kier alpha value is -2.24. The molecule has 0 heterocycles. The largest absolute Gasteiger partial charge is 0.496 e. The number of nitrogen functional groups attached to an aromatic ring is 1. The molecule has 1 aromatic carbocycles. The molecule has 1 aromatic rings. The van der Waals surface area contributed by atoms with Gasteiger partial charge in [0.15, 0.2) is 6.61 Å². The average molecular weight is 280 g/mol. The van der Waals surface area contributed by atoms with Crippen molar-refractivity contribution in [1.29, 1.82) is 0 Å². The second-order valence-electron chi connectivity index (χ2n) is 4.73. The van der Waals surface area contributed by atoms with Gasteiger partial charge in [0.1, 0.15) is 11.3 Å². The number of nitrogens with one attached hydrogen (secondary N) is 1. The molecule has 0 saturated heterocycles. The topological polar surface area (TPSA) is 90.7 Å². The summed E-state index contributed by atoms with van der Waals surface area (Å²) in [5.41, 5.74) is 6.23. The molecule has 0 saturated carbocycles. The molecule has 1 rings (SSSR count). The van der Waals surface area contributed by atoms with Crippen molar-refractivity contribution in [1.82, 2.24) is 5.32 Å². The van der Waals surface area contributed by atoms with Crippen LogP contribution in [0.5, 0.6) is 5.75 Å². The van der Waals surface area contributed by atoms with E-state index >= 15 is 0 Å². The molecule has 6 heteroatoms. The van der Waals surface area contributed by atoms with Crippen molar-refractivity contribution < 1.29 is 19.1 Å². The van der Waals surface area contributed by atoms with Crippen molar-refractivity contribution in [3.63, 3.8) is 0 Å². The molecular weight excluding hydrogens is 260 g/mol. The summed E-state index contributed by atoms with van der Waals surface area (Å²) in [6.45, 7) is 4.16. The Morgan fingerprint density at radius 3 is 2.65 bits per heavy atom. The summed E-state index contributed by atoms with van der Waals surface area (Å²) < 4.78 is 9.98. The number of carbonyl (C=O) groups is 2. The standard InChI is InChI=1S/C14H20N2O4/c1-9(2)7-16-13(17)8-20-14(18)11-6-10(15)4-5-12(11)19-3/h4-6,9H,7-8,15H2,1-3H3,(H,16,17). The zero-order valence-electron chi connectivity index (χ0n) is 11.9. The van der Waals surface area contributed by atoms with E-state index < -0.39 is 5.97 Å². The highest BCUT2D eigenvalue weighted by atomic mass is 16.5. The van der Waals surface area contributed by atoms with E-state index in [2.05, 4.69) is 5.32 Å². The first-order valence-electron chi connectivity index (χ1n) is 6.31. The number of hydrogen-bond acceptors (Lipinski definition) is 5. The molecule has 1 amide bonds. The number of anilines is 1. The monoisotopic (exact) mass is 280 g/mol. The summed E-state index contributed by atoms with van der Waals surface area (Å²) >= 11 is 0. The van der Waals surface area contributed by atoms with Crippen molar-refractivity contribution in [2.45, 2.75) is 13.8 Å². The first kappa shape index (κ1) is 15.8. The number of ether oxygens (including phenoxy) is 2. The van der Waals surface area contributed by atoms with Crippen LogP contribution in [0.25, 0.3) is 0 Å². The van der Waals surface area contributed by atoms with Crippen LogP contribution in [-0.2, 0) is 9.53 Å². The highest BCUT2D eigenvalue weighted by Gasteiger charge is 2.15. The van der Waals surface area contributed by atoms with E-state index in [0.29, 0.717) is 23.9 Å². The Bertz CT molecular complexity index is 486. The molecule has 6 nitrogen and oxygen atoms in total. The zero-order valence-corrected chi connectivity index (χ0v) is 11.9. The van der Waals surface area contributed by atoms with Crippen LogP contribution in [0, 0.1) is 5.92 Å². The van der Waals surface area contributed by atoms with Crippen LogP contribution >= 0.6 is 0 Å². The first-order valence-corrected chi connectivity index (χ1v) is 6.31. The molecule has 0 unspecified atom stereocenters. The maximum atomic E-state index is 11.9. The summed E-state index contributed by atoms with van der Waals surface area (Å²) in [4.78, 5) is 23.3. The van der Waals surface area contributed by atoms with Crippen LogP contribution in [0.15, 0.2) is 18.2 Å². The minimum Gasteiger partial charge on any atom is -0.496 e. The van der Waals surface area contributed by atoms with E-state index in [1.54, 1.807) is 12.1 Å². The fourth-order valence-electron chi connectivity index (χ4n) is 1.46. The van der Waals surface area contributed by atoms with Crippen molar-refractivity contribution in [3.05, 3.63) is 23.8 Å². The quantitative estimate of drug-likeness (QED) is 0.603. The third-order valence-corrected chi connectivity index (χ3v) is 2.49. The lowest BCUT2D eigenvalue weighted by Gasteiger charge is -2.10. The molecular formula is C14H20N2O4. The van der Waals surface area contributed by atoms with Gasteiger partial charge in [-0.2, -0.15) is 0 Å². The molecule has 0 aliphatic rings. The lowest BCUT2D eigenvalue weighted by Crippen LogP contribution is -2.31. The molecule has 20 heavy (non-hydrogen) atoms. The summed E-state index contributed by atoms with van der Waals surface area (Å²) in [6, 6.07) is 4.64. The van der Waals surface area contributed by atoms with Gasteiger partial charge < -0.3 is 20.5 Å². The van der Waals surface area contributed by atoms with E-state index in [1.165, 1.54) is 13.2 Å². The van der Waals surface area contributed by atoms with Gasteiger partial charge in [0.25, 0.3) is 5.91 Å². The fraction of sp³-hybridized carbons (Fsp3) is 0.429. The molecule has 0 aliphatic heterocycles. The van der Waals surface area contributed by atoms with Gasteiger partial charge in [-0.05, 0) is 24.1 Å². The maximum Gasteiger partial charge on any atom is 0.342 e. The molecule has 0 fully saturated rings. The lowest BCUT2D eigenvalue weighted by atomic mass is 10.2. The second-order valence-corrected chi connectivity index (χ2v) is 4.73. The molecule has 0 spiro atoms. The van der Waals surface area contributed by atoms with Gasteiger partial charge >= 0.3 is 5.97 Å². The SMILES string of the molecule is COc1ccc(N)cc1C(=O)OCC(=O)NCC(C)C. The minimum absolute atomic E-state index is 0.198. The van der Waals surface area contributed by atoms with Crippen molar-refractivity contribution in [3.8, 4) is 5.75 Å². The summed E-state index contributed by atoms with van der Waals surface area (Å²) in [7, 11) is 1.44. The van der Waals surface area contributed by atoms with Gasteiger partial charge in [0, 0.05) is 12.2 Å². The predicted molar refractivity (Wildman–Crippen MR) is 75.5 cm³/mol. The second kappa shape index (κ2) is 7.37. The lowest BCUT2D eigenvalue weighted by molar-refractivity contribution is -0.124. The van der Waals surface area contributed by atoms with Gasteiger partial charge in [0.05, 0.1) is 7.11 Å². The Morgan fingerprint density at radius 1 is 1.35 bits per heavy atom. The van der Waals surface area contributed by atoms with Crippen LogP contribution in [0.1, 0.15) is 24.2 Å². The molecule has 0 radical (unpaired) electrons. The summed E-state index contributed by atoms with van der Waals surface area (Å²) in [5, 5.41) is 2.66. The number of rotatable bonds is 6. The molecule has 0 aliphatic carbocycles. The van der Waals surface area contributed by atoms with Crippen molar-refractivity contribution >= 4 is 17.6 Å². The number of amides is 1. The van der Waals surface area contributed by atoms with Gasteiger partial charge in [-0.25, -0.2) is 4.79 Å². The van der Waals surface area contributed by atoms with Gasteiger partial charge in [-0.3, -0.25) is 4.79 Å². The normalized spacial score (nSPS) is 10.2. The van der Waals surface area contributed by atoms with Crippen LogP contribution in [0.4, 0.5) is 5.69 Å². The molecule has 0 aromatic heterocycles. The third-order valence-electron chi connectivity index (χ3n) is 2.49. The highest BCUT2D eigenvalue weighted by Crippen LogP contribution is 2.21. The number of carbonyl (C=O) groups excluding carboxylic acids is 2. The zero-order chi connectivity index (χ0) is 15.1. The van der Waals surface area contributed by atoms with Gasteiger partial charge in [0.2, 0.25) is 0 Å². The molecule has 0 atom stereocenters. The van der Waals surface area contributed by atoms with E-state index in [-0.39, 0.29) is 18.1 Å². The van der Waals surface area contributed by atoms with Crippen LogP contribution in [0.3, 0.4) is 0 Å². The number of methoxy groups -OCH3 is 1. The maximum absolute atomic E-state index is 11.9. The molecule has 0 bridgehead atoms. The number of esters is 1. The van der Waals surface area contributed by atoms with Crippen molar-refractivity contribution in [2.24, 2.45) is 5.92 Å². The van der Waals surface area contributed by atoms with Gasteiger partial charge in [-0.1, -0.05) is 13.8 Å². The molecule has 3 N–H and O–H groups in total. The summed E-state index contributed by atoms with van der Waals surface area (Å²) in [6.07, 6.45) is 0. The highest BCUT2D eigenvalue weighted by molar-refractivity contribution is 5.94. The summed E-state index contributed by atoms with van der Waals surface area (Å²) in [5.74, 6) is -0.292. The fourth-order valence-corrected chi connectivity index (χ4v) is 1.46. The van der Waals surface area contributed by atoms with E-state index in [1.807, 2.05) is 13.8 Å².